The molecule has 5 heteroatoms. The van der Waals surface area contributed by atoms with Crippen LogP contribution in [0.4, 0.5) is 13.2 Å². The molecular formula is C18H12F3NO. The molecule has 0 fully saturated rings. The number of alkyl halides is 3. The molecule has 0 atom stereocenters. The molecule has 0 saturated carbocycles. The summed E-state index contributed by atoms with van der Waals surface area (Å²) < 4.78 is 43.9. The van der Waals surface area contributed by atoms with Gasteiger partial charge in [-0.15, -0.1) is 6.42 Å². The van der Waals surface area contributed by atoms with Crippen LogP contribution in [0.3, 0.4) is 0 Å². The van der Waals surface area contributed by atoms with E-state index in [1.807, 2.05) is 12.1 Å². The predicted octanol–water partition coefficient (Wildman–Crippen LogP) is 4.18. The summed E-state index contributed by atoms with van der Waals surface area (Å²) in [4.78, 5) is 0. The van der Waals surface area contributed by atoms with Gasteiger partial charge in [0, 0.05) is 12.0 Å². The maximum absolute atomic E-state index is 12.9. The lowest BCUT2D eigenvalue weighted by Crippen LogP contribution is -2.09. The van der Waals surface area contributed by atoms with Crippen LogP contribution in [-0.4, -0.2) is 6.61 Å². The van der Waals surface area contributed by atoms with E-state index in [9.17, 15) is 13.2 Å². The Labute approximate surface area is 132 Å². The highest BCUT2D eigenvalue weighted by atomic mass is 19.4. The van der Waals surface area contributed by atoms with Crippen LogP contribution in [-0.2, 0) is 12.6 Å². The van der Waals surface area contributed by atoms with E-state index in [0.29, 0.717) is 6.42 Å². The van der Waals surface area contributed by atoms with E-state index in [-0.39, 0.29) is 12.4 Å². The number of halogens is 3. The number of ether oxygens (including phenoxy) is 1. The van der Waals surface area contributed by atoms with Crippen LogP contribution in [0, 0.1) is 23.7 Å². The Hall–Kier alpha value is -2.92. The Morgan fingerprint density at radius 2 is 1.78 bits per heavy atom. The first-order valence-electron chi connectivity index (χ1n) is 6.73. The van der Waals surface area contributed by atoms with Crippen LogP contribution in [0.15, 0.2) is 42.5 Å². The molecule has 2 aromatic carbocycles. The van der Waals surface area contributed by atoms with E-state index >= 15 is 0 Å². The molecule has 0 heterocycles. The minimum atomic E-state index is -4.59. The number of nitrogens with zero attached hydrogens (tertiary/aromatic N) is 1. The molecule has 2 aromatic rings. The van der Waals surface area contributed by atoms with Gasteiger partial charge in [-0.1, -0.05) is 18.1 Å². The van der Waals surface area contributed by atoms with Crippen LogP contribution in [0.5, 0.6) is 5.75 Å². The van der Waals surface area contributed by atoms with Crippen molar-refractivity contribution in [2.24, 2.45) is 0 Å². The summed E-state index contributed by atoms with van der Waals surface area (Å²) in [6.07, 6.45) is 1.21. The second-order valence-electron chi connectivity index (χ2n) is 4.76. The number of nitriles is 1. The van der Waals surface area contributed by atoms with Crippen molar-refractivity contribution < 1.29 is 17.9 Å². The van der Waals surface area contributed by atoms with Crippen LogP contribution >= 0.6 is 0 Å². The number of hydrogen-bond acceptors (Lipinski definition) is 2. The average molecular weight is 315 g/mol. The Morgan fingerprint density at radius 3 is 2.35 bits per heavy atom. The average Bonchev–Trinajstić information content (AvgIpc) is 2.54. The summed E-state index contributed by atoms with van der Waals surface area (Å²) in [7, 11) is 0. The number of benzene rings is 2. The summed E-state index contributed by atoms with van der Waals surface area (Å²) >= 11 is 0. The lowest BCUT2D eigenvalue weighted by molar-refractivity contribution is -0.137. The van der Waals surface area contributed by atoms with E-state index in [2.05, 4.69) is 5.92 Å². The van der Waals surface area contributed by atoms with E-state index in [4.69, 9.17) is 16.4 Å². The lowest BCUT2D eigenvalue weighted by atomic mass is 10.1. The first-order chi connectivity index (χ1) is 10.9. The van der Waals surface area contributed by atoms with Crippen molar-refractivity contribution >= 4 is 0 Å². The normalized spacial score (nSPS) is 10.7. The third kappa shape index (κ3) is 4.28. The molecular weight excluding hydrogens is 303 g/mol. The van der Waals surface area contributed by atoms with Crippen molar-refractivity contribution in [3.05, 3.63) is 64.7 Å². The van der Waals surface area contributed by atoms with Crippen molar-refractivity contribution in [2.45, 2.75) is 12.6 Å². The zero-order chi connectivity index (χ0) is 16.9. The molecule has 0 radical (unpaired) electrons. The molecule has 116 valence electrons. The molecule has 2 rings (SSSR count). The van der Waals surface area contributed by atoms with Gasteiger partial charge in [0.2, 0.25) is 0 Å². The molecule has 0 aliphatic rings. The third-order valence-electron chi connectivity index (χ3n) is 3.20. The largest absolute Gasteiger partial charge is 0.493 e. The van der Waals surface area contributed by atoms with Crippen molar-refractivity contribution in [2.75, 3.05) is 6.61 Å². The van der Waals surface area contributed by atoms with Crippen LogP contribution in [0.1, 0.15) is 22.3 Å². The van der Waals surface area contributed by atoms with E-state index in [1.165, 1.54) is 12.1 Å². The number of terminal acetylenes is 1. The van der Waals surface area contributed by atoms with Gasteiger partial charge >= 0.3 is 6.18 Å². The molecule has 0 aromatic heterocycles. The molecule has 0 amide bonds. The summed E-state index contributed by atoms with van der Waals surface area (Å²) in [6, 6.07) is 12.1. The maximum atomic E-state index is 12.9. The molecule has 0 unspecified atom stereocenters. The topological polar surface area (TPSA) is 33.0 Å². The highest BCUT2D eigenvalue weighted by molar-refractivity contribution is 5.44. The third-order valence-corrected chi connectivity index (χ3v) is 3.20. The standard InChI is InChI=1S/C18H12F3NO/c1-2-13-3-5-14(6-4-13)9-10-23-16-8-7-15(12-22)17(11-16)18(19,20)21/h1,3-8,11H,9-10H2. The van der Waals surface area contributed by atoms with Crippen LogP contribution < -0.4 is 4.74 Å². The molecule has 23 heavy (non-hydrogen) atoms. The summed E-state index contributed by atoms with van der Waals surface area (Å²) in [5.74, 6) is 2.58. The SMILES string of the molecule is C#Cc1ccc(CCOc2ccc(C#N)c(C(F)(F)F)c2)cc1. The van der Waals surface area contributed by atoms with Gasteiger partial charge in [0.15, 0.2) is 0 Å². The van der Waals surface area contributed by atoms with Gasteiger partial charge in [-0.2, -0.15) is 18.4 Å². The molecule has 0 bridgehead atoms. The van der Waals surface area contributed by atoms with Crippen molar-refractivity contribution in [3.63, 3.8) is 0 Å². The monoisotopic (exact) mass is 315 g/mol. The molecule has 0 N–H and O–H groups in total. The maximum Gasteiger partial charge on any atom is 0.417 e. The zero-order valence-corrected chi connectivity index (χ0v) is 12.0. The van der Waals surface area contributed by atoms with E-state index in [1.54, 1.807) is 12.1 Å². The van der Waals surface area contributed by atoms with E-state index in [0.717, 1.165) is 23.3 Å². The van der Waals surface area contributed by atoms with Crippen molar-refractivity contribution in [3.8, 4) is 24.2 Å². The summed E-state index contributed by atoms with van der Waals surface area (Å²) in [6.45, 7) is 0.221. The van der Waals surface area contributed by atoms with Gasteiger partial charge in [0.1, 0.15) is 5.75 Å². The Morgan fingerprint density at radius 1 is 1.09 bits per heavy atom. The van der Waals surface area contributed by atoms with Crippen LogP contribution in [0.25, 0.3) is 0 Å². The van der Waals surface area contributed by atoms with Gasteiger partial charge < -0.3 is 4.74 Å². The Balaban J connectivity index is 2.03. The van der Waals surface area contributed by atoms with Gasteiger partial charge in [-0.05, 0) is 35.9 Å². The predicted molar refractivity (Wildman–Crippen MR) is 79.7 cm³/mol. The first-order valence-corrected chi connectivity index (χ1v) is 6.73. The fourth-order valence-corrected chi connectivity index (χ4v) is 2.00. The lowest BCUT2D eigenvalue weighted by Gasteiger charge is -2.12. The fraction of sp³-hybridized carbons (Fsp3) is 0.167. The number of rotatable bonds is 4. The van der Waals surface area contributed by atoms with Crippen LogP contribution in [0.2, 0.25) is 0 Å². The second kappa shape index (κ2) is 6.89. The smallest absolute Gasteiger partial charge is 0.417 e. The summed E-state index contributed by atoms with van der Waals surface area (Å²) in [5, 5.41) is 8.74. The minimum absolute atomic E-state index is 0.0802. The van der Waals surface area contributed by atoms with Crippen molar-refractivity contribution in [1.82, 2.24) is 0 Å². The van der Waals surface area contributed by atoms with Crippen molar-refractivity contribution in [1.29, 1.82) is 5.26 Å². The van der Waals surface area contributed by atoms with Gasteiger partial charge in [-0.3, -0.25) is 0 Å². The molecule has 0 saturated heterocycles. The quantitative estimate of drug-likeness (QED) is 0.793. The molecule has 0 aliphatic carbocycles. The van der Waals surface area contributed by atoms with Gasteiger partial charge in [0.05, 0.1) is 23.8 Å². The Kier molecular flexibility index (Phi) is 4.93. The summed E-state index contributed by atoms with van der Waals surface area (Å²) in [5.41, 5.74) is 0.316. The Bertz CT molecular complexity index is 765. The zero-order valence-electron chi connectivity index (χ0n) is 12.0. The van der Waals surface area contributed by atoms with Gasteiger partial charge in [0.25, 0.3) is 0 Å². The molecule has 2 nitrogen and oxygen atoms in total. The highest BCUT2D eigenvalue weighted by Crippen LogP contribution is 2.34. The first kappa shape index (κ1) is 16.5. The van der Waals surface area contributed by atoms with Gasteiger partial charge in [-0.25, -0.2) is 0 Å². The van der Waals surface area contributed by atoms with E-state index < -0.39 is 17.3 Å². The molecule has 0 aliphatic heterocycles. The second-order valence-corrected chi connectivity index (χ2v) is 4.76. The fourth-order valence-electron chi connectivity index (χ4n) is 2.00. The minimum Gasteiger partial charge on any atom is -0.493 e. The molecule has 0 spiro atoms. The highest BCUT2D eigenvalue weighted by Gasteiger charge is 2.34. The number of hydrogen-bond donors (Lipinski definition) is 0.